The van der Waals surface area contributed by atoms with Gasteiger partial charge in [0.05, 0.1) is 56.0 Å². The number of benzene rings is 4. The van der Waals surface area contributed by atoms with Crippen LogP contribution in [0.4, 0.5) is 40.3 Å². The largest absolute Gasteiger partial charge is 0.504 e. The molecule has 4 aromatic carbocycles. The Morgan fingerprint density at radius 2 is 1.23 bits per heavy atom. The van der Waals surface area contributed by atoms with Crippen LogP contribution >= 0.6 is 11.6 Å². The predicted octanol–water partition coefficient (Wildman–Crippen LogP) is 3.23. The minimum atomic E-state index is -5.38. The van der Waals surface area contributed by atoms with Crippen LogP contribution in [0.2, 0.25) is 5.28 Å². The van der Waals surface area contributed by atoms with Gasteiger partial charge in [-0.2, -0.15) is 40.2 Å². The van der Waals surface area contributed by atoms with Gasteiger partial charge in [0, 0.05) is 23.1 Å². The molecule has 0 unspecified atom stereocenters. The Bertz CT molecular complexity index is 3520. The number of sulfone groups is 2. The van der Waals surface area contributed by atoms with Crippen LogP contribution in [0.1, 0.15) is 48.5 Å². The van der Waals surface area contributed by atoms with E-state index < -0.39 is 134 Å². The predicted molar refractivity (Wildman–Crippen MR) is 230 cm³/mol. The monoisotopic (exact) mass is 1020 g/mol. The molecule has 0 bridgehead atoms. The van der Waals surface area contributed by atoms with Crippen molar-refractivity contribution in [1.82, 2.24) is 15.0 Å². The molecule has 0 radical (unpaired) electrons. The van der Waals surface area contributed by atoms with Crippen LogP contribution in [0.3, 0.4) is 0 Å². The van der Waals surface area contributed by atoms with Crippen molar-refractivity contribution in [3.05, 3.63) is 86.7 Å². The number of hydrogen-bond donors (Lipinski definition) is 8. The smallest absolute Gasteiger partial charge is 0.397 e. The van der Waals surface area contributed by atoms with Gasteiger partial charge in [-0.1, -0.05) is 24.3 Å². The van der Waals surface area contributed by atoms with Crippen molar-refractivity contribution in [2.24, 2.45) is 0 Å². The Morgan fingerprint density at radius 3 is 1.75 bits per heavy atom. The first-order chi connectivity index (χ1) is 29.8. The lowest BCUT2D eigenvalue weighted by Crippen LogP contribution is -2.25. The molecular formula is C35H32ClN7O17S5. The Balaban J connectivity index is 1.49. The molecule has 9 N–H and O–H groups in total. The maximum Gasteiger partial charge on any atom is 0.397 e. The van der Waals surface area contributed by atoms with E-state index in [1.54, 1.807) is 0 Å². The summed E-state index contributed by atoms with van der Waals surface area (Å²) in [5, 5.41) is 18.1. The molecular weight excluding hydrogens is 986 g/mol. The molecule has 1 aliphatic rings. The highest BCUT2D eigenvalue weighted by Gasteiger charge is 2.37. The maximum atomic E-state index is 14.1. The number of nitrogen functional groups attached to an aromatic ring is 1. The van der Waals surface area contributed by atoms with Crippen LogP contribution < -0.4 is 21.7 Å². The van der Waals surface area contributed by atoms with Gasteiger partial charge in [0.1, 0.15) is 9.79 Å². The summed E-state index contributed by atoms with van der Waals surface area (Å²) in [6.07, 6.45) is 0.807. The van der Waals surface area contributed by atoms with Gasteiger partial charge in [-0.05, 0) is 67.3 Å². The first-order valence-electron chi connectivity index (χ1n) is 17.7. The van der Waals surface area contributed by atoms with Crippen molar-refractivity contribution in [3.63, 3.8) is 0 Å². The number of ketones is 2. The number of rotatable bonds is 14. The minimum Gasteiger partial charge on any atom is -0.504 e. The zero-order chi connectivity index (χ0) is 48.5. The quantitative estimate of drug-likeness (QED) is 0.0441. The number of nitrogens with one attached hydrogen (secondary N) is 3. The second-order valence-corrected chi connectivity index (χ2v) is 22.2. The van der Waals surface area contributed by atoms with Crippen molar-refractivity contribution in [1.29, 1.82) is 0 Å². The molecule has 30 heteroatoms. The number of nitrogens with zero attached hydrogens (tertiary/aromatic N) is 3. The van der Waals surface area contributed by atoms with Crippen molar-refractivity contribution in [3.8, 4) is 5.75 Å². The molecule has 0 amide bonds. The summed E-state index contributed by atoms with van der Waals surface area (Å²) in [6.45, 7) is 2.79. The Hall–Kier alpha value is -5.89. The molecule has 0 spiro atoms. The zero-order valence-corrected chi connectivity index (χ0v) is 38.2. The average molecular weight is 1020 g/mol. The molecule has 0 fully saturated rings. The third-order valence-corrected chi connectivity index (χ3v) is 15.1. The third kappa shape index (κ3) is 9.73. The molecule has 0 saturated heterocycles. The van der Waals surface area contributed by atoms with Crippen molar-refractivity contribution in [2.45, 2.75) is 40.4 Å². The van der Waals surface area contributed by atoms with Gasteiger partial charge in [-0.3, -0.25) is 23.2 Å². The van der Waals surface area contributed by atoms with Gasteiger partial charge in [0.25, 0.3) is 20.2 Å². The summed E-state index contributed by atoms with van der Waals surface area (Å²) >= 11 is 6.18. The second kappa shape index (κ2) is 16.8. The van der Waals surface area contributed by atoms with Crippen LogP contribution in [-0.4, -0.2) is 106 Å². The van der Waals surface area contributed by atoms with Crippen molar-refractivity contribution in [2.75, 3.05) is 40.3 Å². The number of phenols is 1. The fraction of sp³-hybridized carbons (Fsp3) is 0.171. The van der Waals surface area contributed by atoms with Crippen LogP contribution in [0.25, 0.3) is 0 Å². The molecule has 6 rings (SSSR count). The minimum absolute atomic E-state index is 0.0461. The standard InChI is InChI=1S/C35H32ClN7O17S5/c1-14-27(38-20-13-22(61(4,47)48)26(37)25-24(20)29(44)18-7-5-6-8-19(18)30(25)45)15(2)32(64(54,55)56)16(3)28(14)40-35-42-33(36)41-34(43-35)39-21-11-17(12-23(31(21)46)63(51,52)53)62(49,50)10-9-60-65(57,58)59/h5-8,11-13,38,46H,9-10,37H2,1-4H3,(H,51,52,53)(H,54,55,56)(H,57,58,59)(H2,39,40,41,42,43). The molecule has 0 atom stereocenters. The average Bonchev–Trinajstić information content (AvgIpc) is 3.16. The summed E-state index contributed by atoms with van der Waals surface area (Å²) in [5.74, 6) is -5.20. The number of aromatic hydroxyl groups is 1. The number of halogens is 1. The van der Waals surface area contributed by atoms with E-state index in [9.17, 15) is 65.9 Å². The number of nitrogens with two attached hydrogens (primary N) is 1. The number of fused-ring (bicyclic) bond motifs is 2. The van der Waals surface area contributed by atoms with Crippen LogP contribution in [0, 0.1) is 20.8 Å². The van der Waals surface area contributed by atoms with Crippen molar-refractivity contribution < 1.29 is 74.6 Å². The molecule has 1 heterocycles. The van der Waals surface area contributed by atoms with E-state index in [4.69, 9.17) is 21.9 Å². The van der Waals surface area contributed by atoms with E-state index in [2.05, 4.69) is 35.1 Å². The van der Waals surface area contributed by atoms with E-state index in [0.29, 0.717) is 12.1 Å². The first kappa shape index (κ1) is 48.6. The van der Waals surface area contributed by atoms with E-state index in [0.717, 1.165) is 12.3 Å². The lowest BCUT2D eigenvalue weighted by molar-refractivity contribution is 0.0980. The SMILES string of the molecule is Cc1c(Nc2nc(Cl)nc(Nc3cc(S(=O)(=O)CCOS(=O)(=O)O)cc(S(=O)(=O)O)c3O)n2)c(C)c(S(=O)(=O)O)c(C)c1Nc1cc(S(C)(=O)=O)c(N)c2c1C(=O)c1ccccc1C2=O. The fourth-order valence-electron chi connectivity index (χ4n) is 6.91. The normalized spacial score (nSPS) is 13.3. The number of hydrogen-bond acceptors (Lipinski definition) is 21. The third-order valence-electron chi connectivity index (χ3n) is 9.66. The lowest BCUT2D eigenvalue weighted by Gasteiger charge is -2.26. The Morgan fingerprint density at radius 1 is 0.692 bits per heavy atom. The van der Waals surface area contributed by atoms with E-state index in [1.807, 2.05) is 0 Å². The summed E-state index contributed by atoms with van der Waals surface area (Å²) in [7, 11) is -24.5. The van der Waals surface area contributed by atoms with Crippen LogP contribution in [0.5, 0.6) is 5.75 Å². The van der Waals surface area contributed by atoms with Gasteiger partial charge in [0.2, 0.25) is 17.2 Å². The molecule has 5 aromatic rings. The Labute approximate surface area is 374 Å². The summed E-state index contributed by atoms with van der Waals surface area (Å²) < 4.78 is 157. The summed E-state index contributed by atoms with van der Waals surface area (Å²) in [4.78, 5) is 36.1. The number of carbonyl (C=O) groups is 2. The molecule has 1 aliphatic carbocycles. The first-order valence-corrected chi connectivity index (χ1v) is 25.9. The number of phenolic OH excluding ortho intramolecular Hbond substituents is 1. The van der Waals surface area contributed by atoms with Gasteiger partial charge in [-0.25, -0.2) is 21.0 Å². The molecule has 1 aromatic heterocycles. The highest BCUT2D eigenvalue weighted by molar-refractivity contribution is 7.91. The highest BCUT2D eigenvalue weighted by Crippen LogP contribution is 2.44. The summed E-state index contributed by atoms with van der Waals surface area (Å²) in [5.41, 5.74) is 3.09. The zero-order valence-electron chi connectivity index (χ0n) is 33.4. The second-order valence-electron chi connectivity index (χ2n) is 14.0. The van der Waals surface area contributed by atoms with E-state index >= 15 is 0 Å². The highest BCUT2D eigenvalue weighted by atomic mass is 35.5. The number of carbonyl (C=O) groups excluding carboxylic acids is 2. The Kier molecular flexibility index (Phi) is 12.6. The number of aromatic nitrogens is 3. The summed E-state index contributed by atoms with van der Waals surface area (Å²) in [6, 6.07) is 7.65. The topological polar surface area (TPSA) is 396 Å². The fourth-order valence-corrected chi connectivity index (χ4v) is 11.1. The van der Waals surface area contributed by atoms with Crippen molar-refractivity contribution >= 4 is 114 Å². The van der Waals surface area contributed by atoms with Gasteiger partial charge < -0.3 is 26.8 Å². The molecule has 24 nitrogen and oxygen atoms in total. The molecule has 0 aliphatic heterocycles. The maximum absolute atomic E-state index is 14.1. The van der Waals surface area contributed by atoms with Gasteiger partial charge in [-0.15, -0.1) is 0 Å². The molecule has 346 valence electrons. The van der Waals surface area contributed by atoms with Gasteiger partial charge in [0.15, 0.2) is 37.0 Å². The molecule has 0 saturated carbocycles. The van der Waals surface area contributed by atoms with E-state index in [-0.39, 0.29) is 50.4 Å². The van der Waals surface area contributed by atoms with Crippen LogP contribution in [0.15, 0.2) is 62.0 Å². The van der Waals surface area contributed by atoms with Crippen LogP contribution in [-0.2, 0) is 54.5 Å². The van der Waals surface area contributed by atoms with Gasteiger partial charge >= 0.3 is 10.4 Å². The molecule has 65 heavy (non-hydrogen) atoms. The number of anilines is 7. The van der Waals surface area contributed by atoms with E-state index in [1.165, 1.54) is 45.0 Å². The lowest BCUT2D eigenvalue weighted by atomic mass is 9.82.